The quantitative estimate of drug-likeness (QED) is 0.471. The van der Waals surface area contributed by atoms with Gasteiger partial charge >= 0.3 is 17.9 Å². The Kier molecular flexibility index (Phi) is 11.6. The van der Waals surface area contributed by atoms with E-state index in [0.717, 1.165) is 6.08 Å². The molecule has 0 saturated heterocycles. The van der Waals surface area contributed by atoms with Crippen LogP contribution >= 0.6 is 0 Å². The lowest BCUT2D eigenvalue weighted by atomic mass is 10.2. The maximum Gasteiger partial charge on any atom is 0.327 e. The number of hydrogen-bond donors (Lipinski definition) is 3. The van der Waals surface area contributed by atoms with E-state index in [2.05, 4.69) is 0 Å². The van der Waals surface area contributed by atoms with Crippen molar-refractivity contribution in [2.45, 2.75) is 32.6 Å². The molecule has 0 fully saturated rings. The van der Waals surface area contributed by atoms with E-state index in [1.165, 1.54) is 6.08 Å². The van der Waals surface area contributed by atoms with Crippen molar-refractivity contribution in [1.82, 2.24) is 0 Å². The Balaban J connectivity index is 0. The van der Waals surface area contributed by atoms with Gasteiger partial charge in [-0.2, -0.15) is 0 Å². The molecule has 3 N–H and O–H groups in total. The summed E-state index contributed by atoms with van der Waals surface area (Å²) < 4.78 is 0. The number of carbonyl (C=O) groups is 3. The second-order valence-electron chi connectivity index (χ2n) is 2.83. The van der Waals surface area contributed by atoms with Crippen LogP contribution in [0.25, 0.3) is 0 Å². The Morgan fingerprint density at radius 3 is 1.44 bits per heavy atom. The first-order valence-electron chi connectivity index (χ1n) is 4.69. The van der Waals surface area contributed by atoms with Crippen molar-refractivity contribution in [1.29, 1.82) is 0 Å². The van der Waals surface area contributed by atoms with Gasteiger partial charge in [0.15, 0.2) is 0 Å². The molecule has 0 bridgehead atoms. The van der Waals surface area contributed by atoms with Crippen LogP contribution < -0.4 is 0 Å². The van der Waals surface area contributed by atoms with Gasteiger partial charge in [0.25, 0.3) is 0 Å². The van der Waals surface area contributed by atoms with Crippen LogP contribution in [0.1, 0.15) is 32.6 Å². The minimum absolute atomic E-state index is 0.0628. The maximum absolute atomic E-state index is 9.90. The van der Waals surface area contributed by atoms with Gasteiger partial charge < -0.3 is 15.3 Å². The fourth-order valence-corrected chi connectivity index (χ4v) is 0.695. The zero-order chi connectivity index (χ0) is 13.0. The predicted octanol–water partition coefficient (Wildman–Crippen LogP) is 1.36. The SMILES string of the molecule is CC=CC(=O)O.O=C(O)CCCCC(=O)O. The maximum atomic E-state index is 9.90. The third-order valence-electron chi connectivity index (χ3n) is 1.34. The fraction of sp³-hybridized carbons (Fsp3) is 0.500. The minimum atomic E-state index is -0.891. The van der Waals surface area contributed by atoms with Crippen molar-refractivity contribution in [3.8, 4) is 0 Å². The first-order valence-corrected chi connectivity index (χ1v) is 4.69. The molecule has 0 atom stereocenters. The lowest BCUT2D eigenvalue weighted by Crippen LogP contribution is -1.97. The van der Waals surface area contributed by atoms with Crippen molar-refractivity contribution < 1.29 is 29.7 Å². The molecule has 0 radical (unpaired) electrons. The van der Waals surface area contributed by atoms with Gasteiger partial charge in [0, 0.05) is 18.9 Å². The molecule has 0 aromatic heterocycles. The topological polar surface area (TPSA) is 112 Å². The number of rotatable bonds is 6. The van der Waals surface area contributed by atoms with Crippen LogP contribution in [0, 0.1) is 0 Å². The second kappa shape index (κ2) is 11.2. The van der Waals surface area contributed by atoms with E-state index in [1.807, 2.05) is 0 Å². The fourth-order valence-electron chi connectivity index (χ4n) is 0.695. The Morgan fingerprint density at radius 1 is 0.938 bits per heavy atom. The van der Waals surface area contributed by atoms with E-state index < -0.39 is 17.9 Å². The van der Waals surface area contributed by atoms with Crippen molar-refractivity contribution in [3.05, 3.63) is 12.2 Å². The molecule has 0 aliphatic heterocycles. The predicted molar refractivity (Wildman–Crippen MR) is 56.2 cm³/mol. The molecule has 0 aromatic rings. The number of carboxylic acids is 3. The Bertz CT molecular complexity index is 240. The number of hydrogen-bond acceptors (Lipinski definition) is 3. The summed E-state index contributed by atoms with van der Waals surface area (Å²) in [5.74, 6) is -2.63. The average Bonchev–Trinajstić information content (AvgIpc) is 2.12. The van der Waals surface area contributed by atoms with E-state index in [1.54, 1.807) is 6.92 Å². The number of aliphatic carboxylic acids is 3. The summed E-state index contributed by atoms with van der Waals surface area (Å²) >= 11 is 0. The number of unbranched alkanes of at least 4 members (excludes halogenated alkanes) is 1. The Labute approximate surface area is 93.2 Å². The van der Waals surface area contributed by atoms with Crippen molar-refractivity contribution >= 4 is 17.9 Å². The highest BCUT2D eigenvalue weighted by Crippen LogP contribution is 1.98. The monoisotopic (exact) mass is 232 g/mol. The van der Waals surface area contributed by atoms with E-state index in [4.69, 9.17) is 15.3 Å². The smallest absolute Gasteiger partial charge is 0.327 e. The van der Waals surface area contributed by atoms with E-state index in [-0.39, 0.29) is 12.8 Å². The summed E-state index contributed by atoms with van der Waals surface area (Å²) in [5, 5.41) is 24.1. The third kappa shape index (κ3) is 22.7. The van der Waals surface area contributed by atoms with Crippen LogP contribution in [0.4, 0.5) is 0 Å². The van der Waals surface area contributed by atoms with Crippen LogP contribution in [0.2, 0.25) is 0 Å². The molecule has 6 nitrogen and oxygen atoms in total. The summed E-state index contributed by atoms with van der Waals surface area (Å²) in [6.07, 6.45) is 3.58. The molecule has 0 heterocycles. The first-order chi connectivity index (χ1) is 7.40. The van der Waals surface area contributed by atoms with Crippen LogP contribution in [0.3, 0.4) is 0 Å². The van der Waals surface area contributed by atoms with Crippen LogP contribution in [-0.2, 0) is 14.4 Å². The second-order valence-corrected chi connectivity index (χ2v) is 2.83. The van der Waals surface area contributed by atoms with Gasteiger partial charge in [-0.05, 0) is 19.8 Å². The molecule has 0 spiro atoms. The third-order valence-corrected chi connectivity index (χ3v) is 1.34. The summed E-state index contributed by atoms with van der Waals surface area (Å²) in [4.78, 5) is 29.3. The van der Waals surface area contributed by atoms with Crippen molar-refractivity contribution in [2.24, 2.45) is 0 Å². The van der Waals surface area contributed by atoms with Gasteiger partial charge in [0.05, 0.1) is 0 Å². The summed E-state index contributed by atoms with van der Waals surface area (Å²) in [6, 6.07) is 0. The van der Waals surface area contributed by atoms with E-state index in [9.17, 15) is 14.4 Å². The van der Waals surface area contributed by atoms with Gasteiger partial charge in [-0.1, -0.05) is 6.08 Å². The molecule has 16 heavy (non-hydrogen) atoms. The Morgan fingerprint density at radius 2 is 1.31 bits per heavy atom. The van der Waals surface area contributed by atoms with Gasteiger partial charge in [0.2, 0.25) is 0 Å². The number of allylic oxidation sites excluding steroid dienone is 1. The zero-order valence-corrected chi connectivity index (χ0v) is 9.05. The molecular formula is C10H16O6. The van der Waals surface area contributed by atoms with Gasteiger partial charge in [-0.15, -0.1) is 0 Å². The van der Waals surface area contributed by atoms with Crippen LogP contribution in [0.5, 0.6) is 0 Å². The molecule has 0 rings (SSSR count). The highest BCUT2D eigenvalue weighted by atomic mass is 16.4. The Hall–Kier alpha value is -1.85. The molecule has 0 aromatic carbocycles. The number of carboxylic acid groups (broad SMARTS) is 3. The van der Waals surface area contributed by atoms with Crippen molar-refractivity contribution in [2.75, 3.05) is 0 Å². The average molecular weight is 232 g/mol. The highest BCUT2D eigenvalue weighted by molar-refractivity contribution is 5.79. The van der Waals surface area contributed by atoms with Crippen molar-refractivity contribution in [3.63, 3.8) is 0 Å². The van der Waals surface area contributed by atoms with E-state index in [0.29, 0.717) is 12.8 Å². The molecular weight excluding hydrogens is 216 g/mol. The molecule has 6 heteroatoms. The van der Waals surface area contributed by atoms with Gasteiger partial charge in [0.1, 0.15) is 0 Å². The summed E-state index contributed by atoms with van der Waals surface area (Å²) in [7, 11) is 0. The lowest BCUT2D eigenvalue weighted by Gasteiger charge is -1.92. The molecule has 92 valence electrons. The molecule has 0 amide bonds. The molecule has 0 aliphatic rings. The summed E-state index contributed by atoms with van der Waals surface area (Å²) in [5.41, 5.74) is 0. The normalized spacial score (nSPS) is 9.31. The highest BCUT2D eigenvalue weighted by Gasteiger charge is 1.99. The standard InChI is InChI=1S/C6H10O4.C4H6O2/c7-5(8)3-1-2-4-6(9)10;1-2-3-4(5)6/h1-4H2,(H,7,8)(H,9,10);2-3H,1H3,(H,5,6). The molecule has 0 unspecified atom stereocenters. The first kappa shape index (κ1) is 16.6. The minimum Gasteiger partial charge on any atom is -0.481 e. The van der Waals surface area contributed by atoms with Gasteiger partial charge in [-0.3, -0.25) is 9.59 Å². The lowest BCUT2D eigenvalue weighted by molar-refractivity contribution is -0.139. The van der Waals surface area contributed by atoms with E-state index >= 15 is 0 Å². The molecule has 0 saturated carbocycles. The van der Waals surface area contributed by atoms with Crippen LogP contribution in [0.15, 0.2) is 12.2 Å². The van der Waals surface area contributed by atoms with Gasteiger partial charge in [-0.25, -0.2) is 4.79 Å². The summed E-state index contributed by atoms with van der Waals surface area (Å²) in [6.45, 7) is 1.66. The molecule has 0 aliphatic carbocycles. The largest absolute Gasteiger partial charge is 0.481 e. The zero-order valence-electron chi connectivity index (χ0n) is 9.05. The van der Waals surface area contributed by atoms with Crippen LogP contribution in [-0.4, -0.2) is 33.2 Å².